The summed E-state index contributed by atoms with van der Waals surface area (Å²) in [6, 6.07) is 4.51. The highest BCUT2D eigenvalue weighted by Crippen LogP contribution is 2.08. The molecule has 0 aliphatic heterocycles. The Balaban J connectivity index is 3.07. The molecule has 4 unspecified atom stereocenters. The average Bonchev–Trinajstić information content (AvgIpc) is 2.90. The lowest BCUT2D eigenvalue weighted by atomic mass is 10.0. The molecule has 0 heterocycles. The number of carbonyl (C=O) groups excluding carboxylic acids is 4. The maximum atomic E-state index is 13.3. The number of carbonyl (C=O) groups is 5. The molecule has 0 bridgehead atoms. The highest BCUT2D eigenvalue weighted by Gasteiger charge is 2.30. The van der Waals surface area contributed by atoms with Crippen molar-refractivity contribution in [3.63, 3.8) is 0 Å². The second kappa shape index (κ2) is 18.7. The molecule has 1 rings (SSSR count). The second-order valence-corrected chi connectivity index (χ2v) is 9.39. The third-order valence-corrected chi connectivity index (χ3v) is 6.10. The number of benzene rings is 1. The van der Waals surface area contributed by atoms with Crippen molar-refractivity contribution in [2.24, 2.45) is 22.9 Å². The Labute approximate surface area is 228 Å². The molecule has 0 radical (unpaired) electrons. The molecule has 13 nitrogen and oxygen atoms in total. The molecule has 4 atom stereocenters. The van der Waals surface area contributed by atoms with Gasteiger partial charge in [0.25, 0.3) is 0 Å². The summed E-state index contributed by atoms with van der Waals surface area (Å²) in [6.45, 7) is 0.848. The van der Waals surface area contributed by atoms with Crippen molar-refractivity contribution in [2.75, 3.05) is 13.1 Å². The third-order valence-electron chi connectivity index (χ3n) is 6.10. The van der Waals surface area contributed by atoms with Crippen molar-refractivity contribution in [3.8, 4) is 0 Å². The molecule has 12 N–H and O–H groups in total. The number of hydrogen-bond donors (Lipinski definition) is 8. The Hall–Kier alpha value is -3.55. The minimum atomic E-state index is -1.27. The van der Waals surface area contributed by atoms with Crippen molar-refractivity contribution in [2.45, 2.75) is 82.0 Å². The van der Waals surface area contributed by atoms with Gasteiger partial charge in [0, 0.05) is 12.8 Å². The number of hydrogen-bond acceptors (Lipinski definition) is 8. The lowest BCUT2D eigenvalue weighted by Crippen LogP contribution is -2.57. The van der Waals surface area contributed by atoms with Crippen LogP contribution in [0.4, 0.5) is 0 Å². The lowest BCUT2D eigenvalue weighted by molar-refractivity contribution is -0.142. The quantitative estimate of drug-likeness (QED) is 0.0891. The summed E-state index contributed by atoms with van der Waals surface area (Å²) in [6.07, 6.45) is 2.64. The van der Waals surface area contributed by atoms with Crippen molar-refractivity contribution in [1.82, 2.24) is 16.0 Å². The Kier molecular flexibility index (Phi) is 16.0. The van der Waals surface area contributed by atoms with Gasteiger partial charge >= 0.3 is 5.97 Å². The largest absolute Gasteiger partial charge is 0.480 e. The van der Waals surface area contributed by atoms with E-state index in [1.54, 1.807) is 30.3 Å². The van der Waals surface area contributed by atoms with Crippen LogP contribution >= 0.6 is 0 Å². The van der Waals surface area contributed by atoms with E-state index in [4.69, 9.17) is 22.9 Å². The molecule has 0 spiro atoms. The van der Waals surface area contributed by atoms with Gasteiger partial charge in [0.05, 0.1) is 6.04 Å². The number of rotatable bonds is 20. The number of nitrogens with two attached hydrogens (primary N) is 4. The fraction of sp³-hybridized carbons (Fsp3) is 0.577. The van der Waals surface area contributed by atoms with Crippen LogP contribution in [0.3, 0.4) is 0 Å². The number of nitrogens with one attached hydrogen (secondary N) is 3. The Morgan fingerprint density at radius 1 is 0.718 bits per heavy atom. The molecular formula is C26H43N7O6. The monoisotopic (exact) mass is 549 g/mol. The molecule has 13 heteroatoms. The molecule has 4 amide bonds. The normalized spacial score (nSPS) is 13.9. The fourth-order valence-corrected chi connectivity index (χ4v) is 3.83. The van der Waals surface area contributed by atoms with Crippen LogP contribution in [-0.2, 0) is 30.4 Å². The zero-order chi connectivity index (χ0) is 29.2. The van der Waals surface area contributed by atoms with Crippen molar-refractivity contribution < 1.29 is 29.1 Å². The molecule has 0 saturated heterocycles. The van der Waals surface area contributed by atoms with Gasteiger partial charge < -0.3 is 44.0 Å². The van der Waals surface area contributed by atoms with E-state index in [0.29, 0.717) is 45.2 Å². The van der Waals surface area contributed by atoms with Crippen molar-refractivity contribution in [1.29, 1.82) is 0 Å². The predicted molar refractivity (Wildman–Crippen MR) is 146 cm³/mol. The van der Waals surface area contributed by atoms with E-state index < -0.39 is 53.8 Å². The second-order valence-electron chi connectivity index (χ2n) is 9.39. The third kappa shape index (κ3) is 13.7. The molecule has 0 fully saturated rings. The van der Waals surface area contributed by atoms with Gasteiger partial charge in [0.2, 0.25) is 23.6 Å². The van der Waals surface area contributed by atoms with Crippen LogP contribution in [0, 0.1) is 0 Å². The van der Waals surface area contributed by atoms with E-state index in [2.05, 4.69) is 16.0 Å². The molecule has 39 heavy (non-hydrogen) atoms. The average molecular weight is 550 g/mol. The maximum absolute atomic E-state index is 13.3. The summed E-state index contributed by atoms with van der Waals surface area (Å²) >= 11 is 0. The molecule has 218 valence electrons. The van der Waals surface area contributed by atoms with E-state index in [1.807, 2.05) is 0 Å². The van der Waals surface area contributed by atoms with Gasteiger partial charge in [-0.05, 0) is 57.2 Å². The highest BCUT2D eigenvalue weighted by molar-refractivity contribution is 5.94. The summed E-state index contributed by atoms with van der Waals surface area (Å²) < 4.78 is 0. The standard InChI is InChI=1S/C26H43N7O6/c27-14-6-4-10-18(29)23(35)33-21(16-17-8-2-1-3-9-17)25(37)31-19(12-13-22(30)34)24(36)32-20(26(38)39)11-5-7-15-28/h1-3,8-9,18-21H,4-7,10-16,27-29H2,(H2,30,34)(H,31,37)(H,32,36)(H,33,35)(H,38,39). The Bertz CT molecular complexity index is 931. The minimum Gasteiger partial charge on any atom is -0.480 e. The van der Waals surface area contributed by atoms with Crippen LogP contribution in [0.2, 0.25) is 0 Å². The van der Waals surface area contributed by atoms with Crippen LogP contribution in [0.25, 0.3) is 0 Å². The number of carboxylic acid groups (broad SMARTS) is 1. The smallest absolute Gasteiger partial charge is 0.326 e. The number of amides is 4. The van der Waals surface area contributed by atoms with Crippen molar-refractivity contribution >= 4 is 29.6 Å². The lowest BCUT2D eigenvalue weighted by Gasteiger charge is -2.25. The first-order valence-electron chi connectivity index (χ1n) is 13.2. The first-order valence-corrected chi connectivity index (χ1v) is 13.2. The van der Waals surface area contributed by atoms with Gasteiger partial charge in [0.1, 0.15) is 18.1 Å². The van der Waals surface area contributed by atoms with Gasteiger partial charge in [-0.25, -0.2) is 4.79 Å². The van der Waals surface area contributed by atoms with E-state index in [-0.39, 0.29) is 25.7 Å². The van der Waals surface area contributed by atoms with Crippen LogP contribution in [0.1, 0.15) is 56.9 Å². The van der Waals surface area contributed by atoms with Crippen molar-refractivity contribution in [3.05, 3.63) is 35.9 Å². The summed E-state index contributed by atoms with van der Waals surface area (Å²) in [5, 5.41) is 17.1. The highest BCUT2D eigenvalue weighted by atomic mass is 16.4. The molecule has 0 aromatic heterocycles. The van der Waals surface area contributed by atoms with E-state index in [0.717, 1.165) is 5.56 Å². The first kappa shape index (κ1) is 33.5. The number of aliphatic carboxylic acids is 1. The van der Waals surface area contributed by atoms with E-state index in [9.17, 15) is 29.1 Å². The summed E-state index contributed by atoms with van der Waals surface area (Å²) in [5.74, 6) is -3.95. The van der Waals surface area contributed by atoms with Gasteiger partial charge in [-0.1, -0.05) is 36.8 Å². The molecule has 0 aliphatic rings. The minimum absolute atomic E-state index is 0.106. The van der Waals surface area contributed by atoms with E-state index >= 15 is 0 Å². The molecule has 0 saturated carbocycles. The topological polar surface area (TPSA) is 246 Å². The first-order chi connectivity index (χ1) is 18.6. The Morgan fingerprint density at radius 3 is 1.82 bits per heavy atom. The fourth-order valence-electron chi connectivity index (χ4n) is 3.83. The van der Waals surface area contributed by atoms with Crippen LogP contribution in [0.15, 0.2) is 30.3 Å². The molecular weight excluding hydrogens is 506 g/mol. The maximum Gasteiger partial charge on any atom is 0.326 e. The van der Waals surface area contributed by atoms with Gasteiger partial charge in [-0.15, -0.1) is 0 Å². The molecule has 0 aliphatic carbocycles. The van der Waals surface area contributed by atoms with Gasteiger partial charge in [0.15, 0.2) is 0 Å². The summed E-state index contributed by atoms with van der Waals surface area (Å²) in [7, 11) is 0. The van der Waals surface area contributed by atoms with Crippen LogP contribution < -0.4 is 38.9 Å². The van der Waals surface area contributed by atoms with Gasteiger partial charge in [-0.2, -0.15) is 0 Å². The van der Waals surface area contributed by atoms with Gasteiger partial charge in [-0.3, -0.25) is 19.2 Å². The zero-order valence-corrected chi connectivity index (χ0v) is 22.3. The summed E-state index contributed by atoms with van der Waals surface area (Å²) in [5.41, 5.74) is 22.9. The number of primary amides is 1. The number of unbranched alkanes of at least 4 members (excludes halogenated alkanes) is 2. The zero-order valence-electron chi connectivity index (χ0n) is 22.3. The number of carboxylic acids is 1. The van der Waals surface area contributed by atoms with Crippen LogP contribution in [0.5, 0.6) is 0 Å². The molecule has 1 aromatic rings. The predicted octanol–water partition coefficient (Wildman–Crippen LogP) is -1.38. The Morgan fingerprint density at radius 2 is 1.26 bits per heavy atom. The van der Waals surface area contributed by atoms with Crippen LogP contribution in [-0.4, -0.2) is 72.0 Å². The molecule has 1 aromatic carbocycles. The SMILES string of the molecule is NCCCCC(N)C(=O)NC(Cc1ccccc1)C(=O)NC(CCC(N)=O)C(=O)NC(CCCCN)C(=O)O. The van der Waals surface area contributed by atoms with E-state index in [1.165, 1.54) is 0 Å². The summed E-state index contributed by atoms with van der Waals surface area (Å²) in [4.78, 5) is 62.2.